The first kappa shape index (κ1) is 17.8. The molecule has 0 saturated heterocycles. The summed E-state index contributed by atoms with van der Waals surface area (Å²) in [6, 6.07) is 0. The van der Waals surface area contributed by atoms with E-state index in [0.717, 1.165) is 38.1 Å². The third kappa shape index (κ3) is 6.81. The molecule has 120 valence electrons. The van der Waals surface area contributed by atoms with Gasteiger partial charge in [0, 0.05) is 13.0 Å². The van der Waals surface area contributed by atoms with Crippen LogP contribution in [0.2, 0.25) is 0 Å². The molecule has 0 aliphatic carbocycles. The Morgan fingerprint density at radius 1 is 1.38 bits per heavy atom. The number of aryl methyl sites for hydroxylation is 1. The van der Waals surface area contributed by atoms with Gasteiger partial charge in [-0.15, -0.1) is 10.2 Å². The lowest BCUT2D eigenvalue weighted by Crippen LogP contribution is -2.28. The average Bonchev–Trinajstić information content (AvgIpc) is 2.79. The van der Waals surface area contributed by atoms with E-state index in [0.29, 0.717) is 17.5 Å². The Morgan fingerprint density at radius 2 is 2.14 bits per heavy atom. The Morgan fingerprint density at radius 3 is 2.81 bits per heavy atom. The maximum absolute atomic E-state index is 11.7. The molecule has 1 amide bonds. The molecule has 1 rings (SSSR count). The fourth-order valence-corrected chi connectivity index (χ4v) is 2.42. The molecule has 0 bridgehead atoms. The third-order valence-electron chi connectivity index (χ3n) is 2.93. The highest BCUT2D eigenvalue weighted by molar-refractivity contribution is 7.99. The van der Waals surface area contributed by atoms with Gasteiger partial charge >= 0.3 is 0 Å². The van der Waals surface area contributed by atoms with Crippen LogP contribution in [0, 0.1) is 0 Å². The van der Waals surface area contributed by atoms with E-state index in [-0.39, 0.29) is 5.91 Å². The first-order valence-electron chi connectivity index (χ1n) is 7.28. The topological polar surface area (TPSA) is 89.1 Å². The molecule has 3 N–H and O–H groups in total. The second-order valence-electron chi connectivity index (χ2n) is 5.17. The summed E-state index contributed by atoms with van der Waals surface area (Å²) in [6.07, 6.45) is 3.88. The summed E-state index contributed by atoms with van der Waals surface area (Å²) in [4.78, 5) is 13.8. The largest absolute Gasteiger partial charge is 0.355 e. The molecule has 0 spiro atoms. The average molecular weight is 314 g/mol. The van der Waals surface area contributed by atoms with Crippen LogP contribution >= 0.6 is 11.8 Å². The summed E-state index contributed by atoms with van der Waals surface area (Å²) < 4.78 is 1.49. The third-order valence-corrected chi connectivity index (χ3v) is 3.87. The number of nitrogens with one attached hydrogen (secondary N) is 1. The molecule has 7 nitrogen and oxygen atoms in total. The fourth-order valence-electron chi connectivity index (χ4n) is 1.72. The molecule has 0 unspecified atom stereocenters. The quantitative estimate of drug-likeness (QED) is 0.371. The number of nitrogens with two attached hydrogens (primary N) is 1. The molecule has 1 aromatic rings. The monoisotopic (exact) mass is 314 g/mol. The van der Waals surface area contributed by atoms with Crippen molar-refractivity contribution in [3.05, 3.63) is 5.82 Å². The molecule has 0 saturated carbocycles. The number of hydrogen-bond donors (Lipinski definition) is 2. The summed E-state index contributed by atoms with van der Waals surface area (Å²) in [5.41, 5.74) is 0. The van der Waals surface area contributed by atoms with Crippen molar-refractivity contribution in [2.24, 2.45) is 0 Å². The van der Waals surface area contributed by atoms with Crippen LogP contribution < -0.4 is 11.2 Å². The number of aromatic nitrogens is 3. The molecule has 0 aromatic carbocycles. The van der Waals surface area contributed by atoms with Crippen molar-refractivity contribution >= 4 is 17.7 Å². The Bertz CT molecular complexity index is 434. The highest BCUT2D eigenvalue weighted by Crippen LogP contribution is 2.14. The van der Waals surface area contributed by atoms with Crippen LogP contribution in [-0.2, 0) is 11.2 Å². The van der Waals surface area contributed by atoms with E-state index < -0.39 is 0 Å². The SMILES string of the molecule is CCCCc1nnc(SCC(=O)NCCCN(C)C)n1N. The first-order chi connectivity index (χ1) is 10.0. The molecule has 0 fully saturated rings. The zero-order valence-electron chi connectivity index (χ0n) is 13.1. The van der Waals surface area contributed by atoms with Gasteiger partial charge in [0.2, 0.25) is 11.1 Å². The number of rotatable bonds is 10. The number of amides is 1. The highest BCUT2D eigenvalue weighted by Gasteiger charge is 2.11. The predicted molar refractivity (Wildman–Crippen MR) is 85.7 cm³/mol. The minimum absolute atomic E-state index is 0.00290. The van der Waals surface area contributed by atoms with Crippen molar-refractivity contribution in [3.8, 4) is 0 Å². The predicted octanol–water partition coefficient (Wildman–Crippen LogP) is 0.495. The van der Waals surface area contributed by atoms with Crippen molar-refractivity contribution in [2.75, 3.05) is 38.8 Å². The van der Waals surface area contributed by atoms with Crippen LogP contribution in [0.4, 0.5) is 0 Å². The molecule has 1 aromatic heterocycles. The number of nitrogen functional groups attached to an aromatic ring is 1. The van der Waals surface area contributed by atoms with E-state index in [4.69, 9.17) is 5.84 Å². The van der Waals surface area contributed by atoms with Crippen molar-refractivity contribution in [1.29, 1.82) is 0 Å². The van der Waals surface area contributed by atoms with E-state index in [1.54, 1.807) is 0 Å². The van der Waals surface area contributed by atoms with Gasteiger partial charge in [0.25, 0.3) is 0 Å². The normalized spacial score (nSPS) is 11.0. The maximum Gasteiger partial charge on any atom is 0.230 e. The molecule has 1 heterocycles. The number of unbranched alkanes of at least 4 members (excludes halogenated alkanes) is 1. The Kier molecular flexibility index (Phi) is 8.14. The lowest BCUT2D eigenvalue weighted by molar-refractivity contribution is -0.118. The number of nitrogens with zero attached hydrogens (tertiary/aromatic N) is 4. The van der Waals surface area contributed by atoms with E-state index in [1.165, 1.54) is 16.4 Å². The second kappa shape index (κ2) is 9.62. The van der Waals surface area contributed by atoms with Crippen molar-refractivity contribution < 1.29 is 4.79 Å². The second-order valence-corrected chi connectivity index (χ2v) is 6.11. The summed E-state index contributed by atoms with van der Waals surface area (Å²) in [5, 5.41) is 11.6. The minimum atomic E-state index is -0.00290. The molecule has 0 radical (unpaired) electrons. The standard InChI is InChI=1S/C13H26N6OS/c1-4-5-7-11-16-17-13(19(11)14)21-10-12(20)15-8-6-9-18(2)3/h4-10,14H2,1-3H3,(H,15,20). The molecule has 0 aliphatic heterocycles. The lowest BCUT2D eigenvalue weighted by atomic mass is 10.2. The smallest absolute Gasteiger partial charge is 0.230 e. The molecular weight excluding hydrogens is 288 g/mol. The van der Waals surface area contributed by atoms with Gasteiger partial charge in [-0.2, -0.15) is 0 Å². The first-order valence-corrected chi connectivity index (χ1v) is 8.26. The van der Waals surface area contributed by atoms with E-state index in [1.807, 2.05) is 14.1 Å². The van der Waals surface area contributed by atoms with Crippen LogP contribution in [0.15, 0.2) is 5.16 Å². The van der Waals surface area contributed by atoms with Gasteiger partial charge in [-0.05, 0) is 33.5 Å². The van der Waals surface area contributed by atoms with Gasteiger partial charge in [-0.1, -0.05) is 25.1 Å². The Labute approximate surface area is 130 Å². The summed E-state index contributed by atoms with van der Waals surface area (Å²) in [7, 11) is 4.03. The van der Waals surface area contributed by atoms with Gasteiger partial charge in [0.15, 0.2) is 5.82 Å². The van der Waals surface area contributed by atoms with Crippen molar-refractivity contribution in [1.82, 2.24) is 25.1 Å². The van der Waals surface area contributed by atoms with Gasteiger partial charge in [0.1, 0.15) is 0 Å². The Balaban J connectivity index is 2.28. The van der Waals surface area contributed by atoms with Crippen molar-refractivity contribution in [2.45, 2.75) is 37.8 Å². The summed E-state index contributed by atoms with van der Waals surface area (Å²) in [6.45, 7) is 3.77. The number of carbonyl (C=O) groups is 1. The van der Waals surface area contributed by atoms with Crippen LogP contribution in [0.25, 0.3) is 0 Å². The Hall–Kier alpha value is -1.28. The van der Waals surface area contributed by atoms with E-state index >= 15 is 0 Å². The van der Waals surface area contributed by atoms with Gasteiger partial charge in [-0.3, -0.25) is 4.79 Å². The summed E-state index contributed by atoms with van der Waals surface area (Å²) >= 11 is 1.32. The molecular formula is C13H26N6OS. The zero-order valence-corrected chi connectivity index (χ0v) is 13.9. The fraction of sp³-hybridized carbons (Fsp3) is 0.769. The van der Waals surface area contributed by atoms with Crippen molar-refractivity contribution in [3.63, 3.8) is 0 Å². The number of hydrogen-bond acceptors (Lipinski definition) is 6. The zero-order chi connectivity index (χ0) is 15.7. The number of thioether (sulfide) groups is 1. The minimum Gasteiger partial charge on any atom is -0.355 e. The van der Waals surface area contributed by atoms with Crippen LogP contribution in [-0.4, -0.2) is 58.6 Å². The van der Waals surface area contributed by atoms with E-state index in [2.05, 4.69) is 27.3 Å². The van der Waals surface area contributed by atoms with Crippen LogP contribution in [0.5, 0.6) is 0 Å². The summed E-state index contributed by atoms with van der Waals surface area (Å²) in [5.74, 6) is 7.00. The van der Waals surface area contributed by atoms with Gasteiger partial charge in [0.05, 0.1) is 5.75 Å². The van der Waals surface area contributed by atoms with Gasteiger partial charge in [-0.25, -0.2) is 4.68 Å². The van der Waals surface area contributed by atoms with Crippen LogP contribution in [0.1, 0.15) is 32.0 Å². The molecule has 0 aliphatic rings. The lowest BCUT2D eigenvalue weighted by Gasteiger charge is -2.09. The van der Waals surface area contributed by atoms with Gasteiger partial charge < -0.3 is 16.1 Å². The molecule has 0 atom stereocenters. The van der Waals surface area contributed by atoms with E-state index in [9.17, 15) is 4.79 Å². The maximum atomic E-state index is 11.7. The number of carbonyl (C=O) groups excluding carboxylic acids is 1. The highest BCUT2D eigenvalue weighted by atomic mass is 32.2. The van der Waals surface area contributed by atoms with Crippen LogP contribution in [0.3, 0.4) is 0 Å². The molecule has 21 heavy (non-hydrogen) atoms. The molecule has 8 heteroatoms.